The number of aromatic amines is 1. The molecule has 2 aromatic rings. The number of H-pyrrole nitrogens is 1. The first kappa shape index (κ1) is 17.8. The first-order valence-corrected chi connectivity index (χ1v) is 10.3. The van der Waals surface area contributed by atoms with Gasteiger partial charge >= 0.3 is 5.69 Å². The van der Waals surface area contributed by atoms with Crippen LogP contribution in [0.1, 0.15) is 69.5 Å². The summed E-state index contributed by atoms with van der Waals surface area (Å²) < 4.78 is 2.03. The molecule has 26 heavy (non-hydrogen) atoms. The summed E-state index contributed by atoms with van der Waals surface area (Å²) in [6.07, 6.45) is 7.51. The summed E-state index contributed by atoms with van der Waals surface area (Å²) in [6.45, 7) is 11.3. The summed E-state index contributed by atoms with van der Waals surface area (Å²) in [5.74, 6) is 0.886. The SMILES string of the molecule is Cc1cc2[nH]c(=O)n(C3CCN(C4(C)CCC(C)CC4)CC3)c2cc1C. The highest BCUT2D eigenvalue weighted by atomic mass is 16.1. The summed E-state index contributed by atoms with van der Waals surface area (Å²) in [4.78, 5) is 18.4. The topological polar surface area (TPSA) is 41.0 Å². The van der Waals surface area contributed by atoms with Crippen LogP contribution < -0.4 is 5.69 Å². The van der Waals surface area contributed by atoms with Crippen LogP contribution in [0.3, 0.4) is 0 Å². The van der Waals surface area contributed by atoms with E-state index in [-0.39, 0.29) is 5.69 Å². The first-order chi connectivity index (χ1) is 12.4. The molecule has 1 saturated carbocycles. The smallest absolute Gasteiger partial charge is 0.306 e. The molecule has 1 aromatic heterocycles. The molecule has 0 spiro atoms. The van der Waals surface area contributed by atoms with Crippen LogP contribution >= 0.6 is 0 Å². The van der Waals surface area contributed by atoms with Crippen LogP contribution in [0, 0.1) is 19.8 Å². The lowest BCUT2D eigenvalue weighted by Gasteiger charge is -2.48. The Morgan fingerprint density at radius 3 is 2.31 bits per heavy atom. The normalized spacial score (nSPS) is 28.7. The molecule has 1 aliphatic carbocycles. The Morgan fingerprint density at radius 1 is 1.04 bits per heavy atom. The molecule has 1 aliphatic heterocycles. The van der Waals surface area contributed by atoms with Gasteiger partial charge in [-0.1, -0.05) is 6.92 Å². The van der Waals surface area contributed by atoms with Gasteiger partial charge in [0.25, 0.3) is 0 Å². The predicted molar refractivity (Wildman–Crippen MR) is 108 cm³/mol. The Balaban J connectivity index is 1.54. The maximum atomic E-state index is 12.6. The van der Waals surface area contributed by atoms with Gasteiger partial charge in [0, 0.05) is 24.7 Å². The van der Waals surface area contributed by atoms with Gasteiger partial charge in [-0.15, -0.1) is 0 Å². The van der Waals surface area contributed by atoms with Gasteiger partial charge in [-0.25, -0.2) is 4.79 Å². The highest BCUT2D eigenvalue weighted by Gasteiger charge is 2.37. The summed E-state index contributed by atoms with van der Waals surface area (Å²) in [7, 11) is 0. The molecule has 2 heterocycles. The molecule has 0 radical (unpaired) electrons. The number of fused-ring (bicyclic) bond motifs is 1. The number of hydrogen-bond acceptors (Lipinski definition) is 2. The molecule has 1 aromatic carbocycles. The lowest BCUT2D eigenvalue weighted by atomic mass is 9.76. The van der Waals surface area contributed by atoms with Crippen molar-refractivity contribution < 1.29 is 0 Å². The number of likely N-dealkylation sites (tertiary alicyclic amines) is 1. The third-order valence-electron chi connectivity index (χ3n) is 7.28. The third kappa shape index (κ3) is 3.02. The standard InChI is InChI=1S/C22H33N3O/c1-15-5-9-22(4,10-6-15)24-11-7-18(8-12-24)25-20-14-17(3)16(2)13-19(20)23-21(25)26/h13-15,18H,5-12H2,1-4H3,(H,23,26). The number of imidazole rings is 1. The van der Waals surface area contributed by atoms with Crippen molar-refractivity contribution in [2.24, 2.45) is 5.92 Å². The molecule has 2 aliphatic rings. The Morgan fingerprint density at radius 2 is 1.65 bits per heavy atom. The Bertz CT molecular complexity index is 846. The minimum absolute atomic E-state index is 0.0566. The van der Waals surface area contributed by atoms with E-state index in [2.05, 4.69) is 49.7 Å². The fraction of sp³-hybridized carbons (Fsp3) is 0.682. The fourth-order valence-electron chi connectivity index (χ4n) is 5.11. The van der Waals surface area contributed by atoms with E-state index in [0.29, 0.717) is 11.6 Å². The van der Waals surface area contributed by atoms with Crippen molar-refractivity contribution in [3.63, 3.8) is 0 Å². The van der Waals surface area contributed by atoms with Crippen LogP contribution in [-0.4, -0.2) is 33.1 Å². The zero-order valence-electron chi connectivity index (χ0n) is 16.8. The second kappa shape index (κ2) is 6.56. The fourth-order valence-corrected chi connectivity index (χ4v) is 5.11. The molecule has 1 N–H and O–H groups in total. The van der Waals surface area contributed by atoms with Crippen molar-refractivity contribution in [2.45, 2.75) is 77.8 Å². The first-order valence-electron chi connectivity index (χ1n) is 10.3. The highest BCUT2D eigenvalue weighted by molar-refractivity contribution is 5.77. The third-order valence-corrected chi connectivity index (χ3v) is 7.28. The maximum absolute atomic E-state index is 12.6. The number of aromatic nitrogens is 2. The molecule has 0 amide bonds. The molecule has 4 nitrogen and oxygen atoms in total. The van der Waals surface area contributed by atoms with Crippen LogP contribution in [0.15, 0.2) is 16.9 Å². The molecule has 4 rings (SSSR count). The average Bonchev–Trinajstić information content (AvgIpc) is 2.93. The molecular weight excluding hydrogens is 322 g/mol. The van der Waals surface area contributed by atoms with Crippen molar-refractivity contribution in [3.05, 3.63) is 33.7 Å². The second-order valence-electron chi connectivity index (χ2n) is 9.15. The van der Waals surface area contributed by atoms with E-state index < -0.39 is 0 Å². The van der Waals surface area contributed by atoms with Crippen molar-refractivity contribution >= 4 is 11.0 Å². The van der Waals surface area contributed by atoms with Gasteiger partial charge < -0.3 is 4.98 Å². The van der Waals surface area contributed by atoms with Crippen LogP contribution in [0.25, 0.3) is 11.0 Å². The van der Waals surface area contributed by atoms with Gasteiger partial charge in [0.2, 0.25) is 0 Å². The number of nitrogens with zero attached hydrogens (tertiary/aromatic N) is 2. The van der Waals surface area contributed by atoms with E-state index in [9.17, 15) is 4.79 Å². The van der Waals surface area contributed by atoms with Crippen molar-refractivity contribution in [3.8, 4) is 0 Å². The number of rotatable bonds is 2. The van der Waals surface area contributed by atoms with Crippen LogP contribution in [0.2, 0.25) is 0 Å². The van der Waals surface area contributed by atoms with E-state index in [1.54, 1.807) is 0 Å². The van der Waals surface area contributed by atoms with Crippen LogP contribution in [-0.2, 0) is 0 Å². The average molecular weight is 356 g/mol. The Kier molecular flexibility index (Phi) is 4.50. The molecule has 1 saturated heterocycles. The molecule has 142 valence electrons. The minimum atomic E-state index is 0.0566. The quantitative estimate of drug-likeness (QED) is 0.858. The van der Waals surface area contributed by atoms with Crippen LogP contribution in [0.5, 0.6) is 0 Å². The van der Waals surface area contributed by atoms with E-state index in [4.69, 9.17) is 0 Å². The Labute approximate surface area is 156 Å². The summed E-state index contributed by atoms with van der Waals surface area (Å²) >= 11 is 0. The number of hydrogen-bond donors (Lipinski definition) is 1. The number of nitrogens with one attached hydrogen (secondary N) is 1. The minimum Gasteiger partial charge on any atom is -0.306 e. The van der Waals surface area contributed by atoms with Crippen molar-refractivity contribution in [1.29, 1.82) is 0 Å². The number of benzene rings is 1. The van der Waals surface area contributed by atoms with Gasteiger partial charge in [-0.2, -0.15) is 0 Å². The van der Waals surface area contributed by atoms with E-state index >= 15 is 0 Å². The zero-order chi connectivity index (χ0) is 18.5. The second-order valence-corrected chi connectivity index (χ2v) is 9.15. The van der Waals surface area contributed by atoms with E-state index in [1.165, 1.54) is 36.8 Å². The zero-order valence-corrected chi connectivity index (χ0v) is 16.8. The van der Waals surface area contributed by atoms with Crippen molar-refractivity contribution in [2.75, 3.05) is 13.1 Å². The molecule has 0 atom stereocenters. The maximum Gasteiger partial charge on any atom is 0.326 e. The van der Waals surface area contributed by atoms with Gasteiger partial charge in [0.05, 0.1) is 11.0 Å². The number of aryl methyl sites for hydroxylation is 2. The van der Waals surface area contributed by atoms with Gasteiger partial charge in [0.1, 0.15) is 0 Å². The van der Waals surface area contributed by atoms with E-state index in [0.717, 1.165) is 42.9 Å². The lowest BCUT2D eigenvalue weighted by molar-refractivity contribution is 0.0263. The molecular formula is C22H33N3O. The predicted octanol–water partition coefficient (Wildman–Crippen LogP) is 4.55. The lowest BCUT2D eigenvalue weighted by Crippen LogP contribution is -2.52. The van der Waals surface area contributed by atoms with Crippen molar-refractivity contribution in [1.82, 2.24) is 14.5 Å². The molecule has 2 fully saturated rings. The van der Waals surface area contributed by atoms with Gasteiger partial charge in [0.15, 0.2) is 0 Å². The molecule has 4 heteroatoms. The highest BCUT2D eigenvalue weighted by Crippen LogP contribution is 2.39. The Hall–Kier alpha value is -1.55. The monoisotopic (exact) mass is 355 g/mol. The number of piperidine rings is 1. The summed E-state index contributed by atoms with van der Waals surface area (Å²) in [5, 5.41) is 0. The summed E-state index contributed by atoms with van der Waals surface area (Å²) in [5.41, 5.74) is 4.98. The molecule has 0 unspecified atom stereocenters. The summed E-state index contributed by atoms with van der Waals surface area (Å²) in [6, 6.07) is 4.61. The largest absolute Gasteiger partial charge is 0.326 e. The van der Waals surface area contributed by atoms with Gasteiger partial charge in [-0.3, -0.25) is 9.47 Å². The van der Waals surface area contributed by atoms with Gasteiger partial charge in [-0.05, 0) is 88.5 Å². The molecule has 0 bridgehead atoms. The van der Waals surface area contributed by atoms with E-state index in [1.807, 2.05) is 4.57 Å². The van der Waals surface area contributed by atoms with Crippen LogP contribution in [0.4, 0.5) is 0 Å².